The lowest BCUT2D eigenvalue weighted by Crippen LogP contribution is -2.39. The highest BCUT2D eigenvalue weighted by atomic mass is 16.2. The van der Waals surface area contributed by atoms with Crippen molar-refractivity contribution in [2.75, 3.05) is 13.1 Å². The predicted molar refractivity (Wildman–Crippen MR) is 76.5 cm³/mol. The summed E-state index contributed by atoms with van der Waals surface area (Å²) in [6.07, 6.45) is 11.3. The second kappa shape index (κ2) is 9.01. The van der Waals surface area contributed by atoms with Crippen LogP contribution >= 0.6 is 0 Å². The van der Waals surface area contributed by atoms with Gasteiger partial charge in [-0.05, 0) is 38.5 Å². The largest absolute Gasteiger partial charge is 0.325 e. The van der Waals surface area contributed by atoms with Crippen molar-refractivity contribution in [3.63, 3.8) is 0 Å². The molecule has 0 aromatic carbocycles. The normalized spacial score (nSPS) is 14.7. The van der Waals surface area contributed by atoms with Crippen molar-refractivity contribution in [1.82, 2.24) is 10.2 Å². The lowest BCUT2D eigenvalue weighted by atomic mass is 10.2. The second-order valence-corrected chi connectivity index (χ2v) is 5.15. The lowest BCUT2D eigenvalue weighted by Gasteiger charge is -2.22. The van der Waals surface area contributed by atoms with E-state index >= 15 is 0 Å². The monoisotopic (exact) mass is 252 g/mol. The van der Waals surface area contributed by atoms with Crippen LogP contribution in [0.1, 0.15) is 65.2 Å². The molecule has 0 aromatic rings. The first-order valence-corrected chi connectivity index (χ1v) is 7.51. The number of nitrogens with zero attached hydrogens (tertiary/aromatic N) is 1. The average Bonchev–Trinajstić information content (AvgIpc) is 2.89. The summed E-state index contributed by atoms with van der Waals surface area (Å²) in [6.45, 7) is 6.09. The van der Waals surface area contributed by atoms with Crippen molar-refractivity contribution in [2.24, 2.45) is 0 Å². The van der Waals surface area contributed by atoms with Gasteiger partial charge in [-0.2, -0.15) is 0 Å². The number of urea groups is 1. The summed E-state index contributed by atoms with van der Waals surface area (Å²) in [5, 5.41) is 2.97. The van der Waals surface area contributed by atoms with Gasteiger partial charge in [0.25, 0.3) is 0 Å². The Balaban J connectivity index is 2.38. The second-order valence-electron chi connectivity index (χ2n) is 5.15. The Labute approximate surface area is 112 Å². The van der Waals surface area contributed by atoms with Crippen LogP contribution in [0.25, 0.3) is 0 Å². The molecule has 0 unspecified atom stereocenters. The smallest absolute Gasteiger partial charge is 0.321 e. The fourth-order valence-electron chi connectivity index (χ4n) is 2.24. The van der Waals surface area contributed by atoms with E-state index in [-0.39, 0.29) is 6.03 Å². The van der Waals surface area contributed by atoms with Crippen molar-refractivity contribution in [1.29, 1.82) is 0 Å². The number of carbonyl (C=O) groups excluding carboxylic acids is 1. The van der Waals surface area contributed by atoms with Crippen LogP contribution in [0.3, 0.4) is 0 Å². The summed E-state index contributed by atoms with van der Waals surface area (Å²) < 4.78 is 0. The van der Waals surface area contributed by atoms with Crippen molar-refractivity contribution < 1.29 is 4.79 Å². The van der Waals surface area contributed by atoms with E-state index in [1.807, 2.05) is 11.1 Å². The molecular weight excluding hydrogens is 224 g/mol. The van der Waals surface area contributed by atoms with E-state index in [4.69, 9.17) is 0 Å². The van der Waals surface area contributed by atoms with Gasteiger partial charge < -0.3 is 10.2 Å². The molecule has 104 valence electrons. The minimum absolute atomic E-state index is 0.0799. The zero-order valence-electron chi connectivity index (χ0n) is 12.0. The maximum absolute atomic E-state index is 12.1. The van der Waals surface area contributed by atoms with Gasteiger partial charge in [0.1, 0.15) is 0 Å². The van der Waals surface area contributed by atoms with Gasteiger partial charge in [0.15, 0.2) is 0 Å². The predicted octanol–water partition coefficient (Wildman–Crippen LogP) is 4.06. The van der Waals surface area contributed by atoms with Gasteiger partial charge >= 0.3 is 6.03 Å². The first-order valence-electron chi connectivity index (χ1n) is 7.51. The van der Waals surface area contributed by atoms with Crippen LogP contribution in [-0.2, 0) is 0 Å². The number of unbranched alkanes of at least 4 members (excludes halogenated alkanes) is 2. The molecule has 0 aromatic heterocycles. The summed E-state index contributed by atoms with van der Waals surface area (Å²) >= 11 is 0. The molecule has 1 fully saturated rings. The zero-order valence-corrected chi connectivity index (χ0v) is 12.0. The van der Waals surface area contributed by atoms with Crippen LogP contribution < -0.4 is 5.32 Å². The van der Waals surface area contributed by atoms with E-state index in [0.29, 0.717) is 0 Å². The molecule has 1 aliphatic rings. The Morgan fingerprint density at radius 2 is 1.72 bits per heavy atom. The van der Waals surface area contributed by atoms with Crippen LogP contribution in [0.15, 0.2) is 11.8 Å². The molecule has 1 saturated carbocycles. The number of allylic oxidation sites excluding steroid dienone is 1. The summed E-state index contributed by atoms with van der Waals surface area (Å²) in [7, 11) is 0. The van der Waals surface area contributed by atoms with Crippen molar-refractivity contribution in [2.45, 2.75) is 65.2 Å². The van der Waals surface area contributed by atoms with Crippen LogP contribution in [-0.4, -0.2) is 24.0 Å². The van der Waals surface area contributed by atoms with Crippen molar-refractivity contribution in [3.05, 3.63) is 11.8 Å². The fourth-order valence-corrected chi connectivity index (χ4v) is 2.24. The minimum Gasteiger partial charge on any atom is -0.325 e. The van der Waals surface area contributed by atoms with Crippen LogP contribution in [0.2, 0.25) is 0 Å². The summed E-state index contributed by atoms with van der Waals surface area (Å²) in [5.74, 6) is 0. The Morgan fingerprint density at radius 1 is 1.17 bits per heavy atom. The molecule has 0 bridgehead atoms. The lowest BCUT2D eigenvalue weighted by molar-refractivity contribution is 0.199. The third kappa shape index (κ3) is 5.56. The number of amides is 2. The van der Waals surface area contributed by atoms with Gasteiger partial charge in [-0.15, -0.1) is 0 Å². The van der Waals surface area contributed by atoms with Crippen molar-refractivity contribution >= 4 is 6.03 Å². The van der Waals surface area contributed by atoms with Gasteiger partial charge in [0.2, 0.25) is 0 Å². The SMILES string of the molecule is CCCCN(CCCC)C(=O)NC=C1CCCC1. The van der Waals surface area contributed by atoms with E-state index in [1.54, 1.807) is 0 Å². The Bertz CT molecular complexity index is 258. The fraction of sp³-hybridized carbons (Fsp3) is 0.800. The molecule has 0 saturated heterocycles. The van der Waals surface area contributed by atoms with Crippen LogP contribution in [0, 0.1) is 0 Å². The highest BCUT2D eigenvalue weighted by Gasteiger charge is 2.12. The van der Waals surface area contributed by atoms with Crippen LogP contribution in [0.5, 0.6) is 0 Å². The topological polar surface area (TPSA) is 32.3 Å². The molecule has 1 aliphatic carbocycles. The molecule has 0 spiro atoms. The van der Waals surface area contributed by atoms with E-state index in [2.05, 4.69) is 19.2 Å². The highest BCUT2D eigenvalue weighted by molar-refractivity contribution is 5.75. The number of nitrogens with one attached hydrogen (secondary N) is 1. The average molecular weight is 252 g/mol. The van der Waals surface area contributed by atoms with Gasteiger partial charge in [0.05, 0.1) is 0 Å². The van der Waals surface area contributed by atoms with E-state index in [9.17, 15) is 4.79 Å². The summed E-state index contributed by atoms with van der Waals surface area (Å²) in [6, 6.07) is 0.0799. The molecule has 3 heteroatoms. The van der Waals surface area contributed by atoms with Gasteiger partial charge in [-0.3, -0.25) is 0 Å². The van der Waals surface area contributed by atoms with E-state index in [1.165, 1.54) is 18.4 Å². The van der Waals surface area contributed by atoms with E-state index < -0.39 is 0 Å². The molecule has 0 heterocycles. The first-order chi connectivity index (χ1) is 8.77. The van der Waals surface area contributed by atoms with E-state index in [0.717, 1.165) is 51.6 Å². The molecule has 1 rings (SSSR count). The standard InChI is InChI=1S/C15H28N2O/c1-3-5-11-17(12-6-4-2)15(18)16-13-14-9-7-8-10-14/h13H,3-12H2,1-2H3,(H,16,18). The molecule has 0 atom stereocenters. The maximum Gasteiger partial charge on any atom is 0.321 e. The Kier molecular flexibility index (Phi) is 7.54. The van der Waals surface area contributed by atoms with Gasteiger partial charge in [-0.1, -0.05) is 32.3 Å². The molecular formula is C15H28N2O. The quantitative estimate of drug-likeness (QED) is 0.728. The molecule has 18 heavy (non-hydrogen) atoms. The van der Waals surface area contributed by atoms with Crippen LogP contribution in [0.4, 0.5) is 4.79 Å². The molecule has 0 radical (unpaired) electrons. The van der Waals surface area contributed by atoms with Gasteiger partial charge in [0, 0.05) is 19.3 Å². The number of rotatable bonds is 7. The third-order valence-electron chi connectivity index (χ3n) is 3.50. The minimum atomic E-state index is 0.0799. The van der Waals surface area contributed by atoms with Gasteiger partial charge in [-0.25, -0.2) is 4.79 Å². The Hall–Kier alpha value is -0.990. The number of carbonyl (C=O) groups is 1. The number of hydrogen-bond donors (Lipinski definition) is 1. The molecule has 3 nitrogen and oxygen atoms in total. The highest BCUT2D eigenvalue weighted by Crippen LogP contribution is 2.22. The molecule has 0 aliphatic heterocycles. The Morgan fingerprint density at radius 3 is 2.22 bits per heavy atom. The van der Waals surface area contributed by atoms with Crippen molar-refractivity contribution in [3.8, 4) is 0 Å². The third-order valence-corrected chi connectivity index (χ3v) is 3.50. The molecule has 1 N–H and O–H groups in total. The number of hydrogen-bond acceptors (Lipinski definition) is 1. The summed E-state index contributed by atoms with van der Waals surface area (Å²) in [4.78, 5) is 14.0. The zero-order chi connectivity index (χ0) is 13.2. The summed E-state index contributed by atoms with van der Waals surface area (Å²) in [5.41, 5.74) is 1.40. The first kappa shape index (κ1) is 15.1. The molecule has 2 amide bonds. The maximum atomic E-state index is 12.1.